The molecule has 0 saturated carbocycles. The Morgan fingerprint density at radius 3 is 2.88 bits per heavy atom. The minimum atomic E-state index is 0.0103. The first kappa shape index (κ1) is 19.8. The molecule has 9 heteroatoms. The van der Waals surface area contributed by atoms with Crippen molar-refractivity contribution in [1.82, 2.24) is 25.1 Å². The van der Waals surface area contributed by atoms with Crippen molar-refractivity contribution in [2.24, 2.45) is 0 Å². The van der Waals surface area contributed by atoms with Gasteiger partial charge in [0.05, 0.1) is 18.1 Å². The maximum absolute atomic E-state index is 11.7. The molecule has 25 heavy (non-hydrogen) atoms. The van der Waals surface area contributed by atoms with E-state index < -0.39 is 0 Å². The number of aromatic nitrogens is 4. The molecule has 0 spiro atoms. The van der Waals surface area contributed by atoms with Gasteiger partial charge < -0.3 is 10.6 Å². The van der Waals surface area contributed by atoms with Gasteiger partial charge in [0.15, 0.2) is 10.8 Å². The molecular formula is C16H25ClN6OS. The Morgan fingerprint density at radius 1 is 1.40 bits per heavy atom. The topological polar surface area (TPSA) is 84.7 Å². The molecule has 2 aromatic rings. The van der Waals surface area contributed by atoms with Crippen LogP contribution in [0.2, 0.25) is 0 Å². The summed E-state index contributed by atoms with van der Waals surface area (Å²) >= 11 is 7.20. The lowest BCUT2D eigenvalue weighted by atomic mass is 10.3. The van der Waals surface area contributed by atoms with E-state index in [1.54, 1.807) is 18.0 Å². The first-order valence-corrected chi connectivity index (χ1v) is 10.0. The third-order valence-corrected chi connectivity index (χ3v) is 4.35. The van der Waals surface area contributed by atoms with Crippen molar-refractivity contribution in [2.45, 2.75) is 51.4 Å². The Labute approximate surface area is 157 Å². The quantitative estimate of drug-likeness (QED) is 0.372. The number of carbonyl (C=O) groups is 1. The number of amides is 1. The predicted molar refractivity (Wildman–Crippen MR) is 103 cm³/mol. The predicted octanol–water partition coefficient (Wildman–Crippen LogP) is 2.89. The Hall–Kier alpha value is -1.54. The molecule has 1 amide bonds. The van der Waals surface area contributed by atoms with Gasteiger partial charge in [-0.2, -0.15) is 5.10 Å². The van der Waals surface area contributed by atoms with Crippen molar-refractivity contribution >= 4 is 46.1 Å². The minimum absolute atomic E-state index is 0.0103. The molecule has 2 aromatic heterocycles. The van der Waals surface area contributed by atoms with Crippen molar-refractivity contribution in [3.63, 3.8) is 0 Å². The fourth-order valence-electron chi connectivity index (χ4n) is 2.29. The zero-order chi connectivity index (χ0) is 18.2. The van der Waals surface area contributed by atoms with Gasteiger partial charge in [-0.05, 0) is 26.0 Å². The molecule has 0 radical (unpaired) electrons. The van der Waals surface area contributed by atoms with Gasteiger partial charge in [0, 0.05) is 24.9 Å². The van der Waals surface area contributed by atoms with Crippen LogP contribution in [0.1, 0.15) is 33.6 Å². The zero-order valence-electron chi connectivity index (χ0n) is 14.9. The Balaban J connectivity index is 2.14. The molecule has 0 bridgehead atoms. The second-order valence-corrected chi connectivity index (χ2v) is 7.44. The molecule has 2 N–H and O–H groups in total. The number of halogens is 1. The average Bonchev–Trinajstić information content (AvgIpc) is 2.96. The van der Waals surface area contributed by atoms with Crippen LogP contribution in [-0.2, 0) is 11.3 Å². The summed E-state index contributed by atoms with van der Waals surface area (Å²) in [6.45, 7) is 7.28. The zero-order valence-corrected chi connectivity index (χ0v) is 16.5. The van der Waals surface area contributed by atoms with E-state index in [9.17, 15) is 4.79 Å². The van der Waals surface area contributed by atoms with Crippen molar-refractivity contribution in [3.05, 3.63) is 6.20 Å². The van der Waals surface area contributed by atoms with Crippen molar-refractivity contribution < 1.29 is 4.79 Å². The molecule has 0 fully saturated rings. The van der Waals surface area contributed by atoms with Gasteiger partial charge in [-0.3, -0.25) is 4.79 Å². The van der Waals surface area contributed by atoms with Gasteiger partial charge >= 0.3 is 0 Å². The monoisotopic (exact) mass is 384 g/mol. The maximum atomic E-state index is 11.7. The van der Waals surface area contributed by atoms with Crippen LogP contribution in [0.4, 0.5) is 5.82 Å². The number of nitrogens with zero attached hydrogens (tertiary/aromatic N) is 4. The summed E-state index contributed by atoms with van der Waals surface area (Å²) in [4.78, 5) is 20.9. The summed E-state index contributed by atoms with van der Waals surface area (Å²) in [7, 11) is 0. The standard InChI is InChI=1S/C16H25ClN6OS/c1-4-25-16-21-14(20-11(2)3)12-10-19-23(15(12)22-16)9-8-18-13(24)6-5-7-17/h10-11H,4-9H2,1-3H3,(H,18,24)(H,20,21,22). The first-order valence-electron chi connectivity index (χ1n) is 8.50. The molecule has 0 aliphatic heterocycles. The van der Waals surface area contributed by atoms with Crippen molar-refractivity contribution in [1.29, 1.82) is 0 Å². The van der Waals surface area contributed by atoms with E-state index in [-0.39, 0.29) is 11.9 Å². The van der Waals surface area contributed by atoms with Crippen LogP contribution in [0.25, 0.3) is 11.0 Å². The highest BCUT2D eigenvalue weighted by atomic mass is 35.5. The summed E-state index contributed by atoms with van der Waals surface area (Å²) < 4.78 is 1.81. The lowest BCUT2D eigenvalue weighted by Gasteiger charge is -2.11. The van der Waals surface area contributed by atoms with E-state index >= 15 is 0 Å². The van der Waals surface area contributed by atoms with E-state index in [0.717, 1.165) is 27.8 Å². The fourth-order valence-corrected chi connectivity index (χ4v) is 2.99. The van der Waals surface area contributed by atoms with Gasteiger partial charge in [-0.25, -0.2) is 14.6 Å². The average molecular weight is 385 g/mol. The van der Waals surface area contributed by atoms with Crippen molar-refractivity contribution in [2.75, 3.05) is 23.5 Å². The Kier molecular flexibility index (Phi) is 7.77. The van der Waals surface area contributed by atoms with Crippen LogP contribution in [0, 0.1) is 0 Å². The second kappa shape index (κ2) is 9.82. The lowest BCUT2D eigenvalue weighted by molar-refractivity contribution is -0.121. The number of hydrogen-bond donors (Lipinski definition) is 2. The molecule has 0 aromatic carbocycles. The number of thioether (sulfide) groups is 1. The SMILES string of the molecule is CCSc1nc(NC(C)C)c2cnn(CCNC(=O)CCCCl)c2n1. The molecule has 7 nitrogen and oxygen atoms in total. The number of rotatable bonds is 10. The summed E-state index contributed by atoms with van der Waals surface area (Å²) in [5.41, 5.74) is 0.782. The molecule has 0 saturated heterocycles. The summed E-state index contributed by atoms with van der Waals surface area (Å²) in [5.74, 6) is 2.21. The maximum Gasteiger partial charge on any atom is 0.220 e. The molecule has 0 aliphatic carbocycles. The highest BCUT2D eigenvalue weighted by Crippen LogP contribution is 2.24. The van der Waals surface area contributed by atoms with Crippen molar-refractivity contribution in [3.8, 4) is 0 Å². The van der Waals surface area contributed by atoms with Gasteiger partial charge in [-0.15, -0.1) is 11.6 Å². The number of nitrogens with one attached hydrogen (secondary N) is 2. The molecular weight excluding hydrogens is 360 g/mol. The van der Waals surface area contributed by atoms with Crippen LogP contribution in [0.3, 0.4) is 0 Å². The molecule has 0 aliphatic rings. The van der Waals surface area contributed by atoms with Crippen LogP contribution < -0.4 is 10.6 Å². The Bertz CT molecular complexity index is 705. The summed E-state index contributed by atoms with van der Waals surface area (Å²) in [6.07, 6.45) is 2.91. The smallest absolute Gasteiger partial charge is 0.220 e. The number of fused-ring (bicyclic) bond motifs is 1. The summed E-state index contributed by atoms with van der Waals surface area (Å²) in [5, 5.41) is 12.3. The van der Waals surface area contributed by atoms with E-state index in [1.807, 2.05) is 4.68 Å². The third-order valence-electron chi connectivity index (χ3n) is 3.36. The largest absolute Gasteiger partial charge is 0.367 e. The highest BCUT2D eigenvalue weighted by molar-refractivity contribution is 7.99. The van der Waals surface area contributed by atoms with E-state index in [2.05, 4.69) is 46.5 Å². The molecule has 2 heterocycles. The lowest BCUT2D eigenvalue weighted by Crippen LogP contribution is -2.27. The molecule has 0 unspecified atom stereocenters. The highest BCUT2D eigenvalue weighted by Gasteiger charge is 2.14. The fraction of sp³-hybridized carbons (Fsp3) is 0.625. The number of carbonyl (C=O) groups excluding carboxylic acids is 1. The number of hydrogen-bond acceptors (Lipinski definition) is 6. The van der Waals surface area contributed by atoms with Gasteiger partial charge in [0.1, 0.15) is 5.82 Å². The number of alkyl halides is 1. The van der Waals surface area contributed by atoms with E-state index in [4.69, 9.17) is 11.6 Å². The van der Waals surface area contributed by atoms with Crippen LogP contribution in [0.15, 0.2) is 11.4 Å². The molecule has 2 rings (SSSR count). The van der Waals surface area contributed by atoms with Gasteiger partial charge in [0.25, 0.3) is 0 Å². The summed E-state index contributed by atoms with van der Waals surface area (Å²) in [6, 6.07) is 0.266. The van der Waals surface area contributed by atoms with Crippen LogP contribution >= 0.6 is 23.4 Å². The molecule has 138 valence electrons. The van der Waals surface area contributed by atoms with Crippen LogP contribution in [-0.4, -0.2) is 49.9 Å². The first-order chi connectivity index (χ1) is 12.0. The van der Waals surface area contributed by atoms with Crippen LogP contribution in [0.5, 0.6) is 0 Å². The minimum Gasteiger partial charge on any atom is -0.367 e. The Morgan fingerprint density at radius 2 is 2.20 bits per heavy atom. The molecule has 0 atom stereocenters. The van der Waals surface area contributed by atoms with E-state index in [0.29, 0.717) is 31.8 Å². The van der Waals surface area contributed by atoms with E-state index in [1.165, 1.54) is 0 Å². The number of anilines is 1. The normalized spacial score (nSPS) is 11.2. The van der Waals surface area contributed by atoms with Gasteiger partial charge in [-0.1, -0.05) is 18.7 Å². The second-order valence-electron chi connectivity index (χ2n) is 5.83. The third kappa shape index (κ3) is 5.74. The van der Waals surface area contributed by atoms with Gasteiger partial charge in [0.2, 0.25) is 5.91 Å².